The number of hydrogen-bond acceptors (Lipinski definition) is 4. The van der Waals surface area contributed by atoms with E-state index in [9.17, 15) is 14.4 Å². The lowest BCUT2D eigenvalue weighted by Crippen LogP contribution is -2.26. The van der Waals surface area contributed by atoms with Crippen molar-refractivity contribution in [2.45, 2.75) is 39.5 Å². The Morgan fingerprint density at radius 2 is 1.94 bits per heavy atom. The van der Waals surface area contributed by atoms with E-state index in [0.717, 1.165) is 6.42 Å². The summed E-state index contributed by atoms with van der Waals surface area (Å²) in [5.41, 5.74) is 0. The fraction of sp³-hybridized carbons (Fsp3) is 0.750. The van der Waals surface area contributed by atoms with Crippen LogP contribution in [0.25, 0.3) is 0 Å². The fourth-order valence-electron chi connectivity index (χ4n) is 1.09. The van der Waals surface area contributed by atoms with Crippen LogP contribution in [0.2, 0.25) is 0 Å². The molecule has 1 amide bonds. The molecule has 0 saturated heterocycles. The molecule has 6 heteroatoms. The van der Waals surface area contributed by atoms with Crippen molar-refractivity contribution in [1.82, 2.24) is 5.32 Å². The minimum absolute atomic E-state index is 0.0258. The SMILES string of the molecule is CCC(C)C(=O)OCCCNC(=O)CCC(=O)O. The van der Waals surface area contributed by atoms with E-state index >= 15 is 0 Å². The van der Waals surface area contributed by atoms with Crippen LogP contribution >= 0.6 is 0 Å². The van der Waals surface area contributed by atoms with Crippen molar-refractivity contribution in [2.24, 2.45) is 5.92 Å². The van der Waals surface area contributed by atoms with Gasteiger partial charge < -0.3 is 15.2 Å². The first-order valence-electron chi connectivity index (χ1n) is 6.12. The van der Waals surface area contributed by atoms with Crippen LogP contribution in [0.15, 0.2) is 0 Å². The Morgan fingerprint density at radius 3 is 2.50 bits per heavy atom. The zero-order valence-corrected chi connectivity index (χ0v) is 10.9. The average molecular weight is 259 g/mol. The van der Waals surface area contributed by atoms with Gasteiger partial charge in [0.1, 0.15) is 0 Å². The monoisotopic (exact) mass is 259 g/mol. The molecule has 1 atom stereocenters. The number of hydrogen-bond donors (Lipinski definition) is 2. The van der Waals surface area contributed by atoms with E-state index in [2.05, 4.69) is 5.32 Å². The first kappa shape index (κ1) is 16.4. The number of ether oxygens (including phenoxy) is 1. The molecule has 2 N–H and O–H groups in total. The van der Waals surface area contributed by atoms with Crippen LogP contribution in [0.1, 0.15) is 39.5 Å². The molecule has 0 saturated carbocycles. The smallest absolute Gasteiger partial charge is 0.308 e. The second kappa shape index (κ2) is 9.44. The quantitative estimate of drug-likeness (QED) is 0.475. The van der Waals surface area contributed by atoms with Gasteiger partial charge >= 0.3 is 11.9 Å². The average Bonchev–Trinajstić information content (AvgIpc) is 2.34. The molecule has 0 aromatic carbocycles. The van der Waals surface area contributed by atoms with E-state index in [1.54, 1.807) is 6.92 Å². The third-order valence-corrected chi connectivity index (χ3v) is 2.47. The van der Waals surface area contributed by atoms with Gasteiger partial charge in [-0.2, -0.15) is 0 Å². The molecule has 0 aliphatic rings. The Kier molecular flexibility index (Phi) is 8.61. The van der Waals surface area contributed by atoms with Gasteiger partial charge in [0.05, 0.1) is 18.9 Å². The number of rotatable bonds is 9. The Bertz CT molecular complexity index is 290. The molecular formula is C12H21NO5. The first-order chi connectivity index (χ1) is 8.47. The van der Waals surface area contributed by atoms with Crippen LogP contribution < -0.4 is 5.32 Å². The van der Waals surface area contributed by atoms with E-state index < -0.39 is 5.97 Å². The van der Waals surface area contributed by atoms with Crippen molar-refractivity contribution in [1.29, 1.82) is 0 Å². The molecule has 6 nitrogen and oxygen atoms in total. The zero-order chi connectivity index (χ0) is 14.0. The lowest BCUT2D eigenvalue weighted by molar-refractivity contribution is -0.148. The van der Waals surface area contributed by atoms with Crippen molar-refractivity contribution >= 4 is 17.8 Å². The summed E-state index contributed by atoms with van der Waals surface area (Å²) in [4.78, 5) is 32.6. The number of nitrogens with one attached hydrogen (secondary N) is 1. The topological polar surface area (TPSA) is 92.7 Å². The van der Waals surface area contributed by atoms with Crippen molar-refractivity contribution in [2.75, 3.05) is 13.2 Å². The normalized spacial score (nSPS) is 11.7. The number of carbonyl (C=O) groups is 3. The number of carboxylic acid groups (broad SMARTS) is 1. The molecule has 18 heavy (non-hydrogen) atoms. The maximum atomic E-state index is 11.3. The lowest BCUT2D eigenvalue weighted by atomic mass is 10.1. The second-order valence-electron chi connectivity index (χ2n) is 4.07. The molecule has 0 bridgehead atoms. The molecular weight excluding hydrogens is 238 g/mol. The van der Waals surface area contributed by atoms with Crippen molar-refractivity contribution < 1.29 is 24.2 Å². The Morgan fingerprint density at radius 1 is 1.28 bits per heavy atom. The number of carbonyl (C=O) groups excluding carboxylic acids is 2. The molecule has 0 spiro atoms. The Hall–Kier alpha value is -1.59. The zero-order valence-electron chi connectivity index (χ0n) is 10.9. The summed E-state index contributed by atoms with van der Waals surface area (Å²) < 4.78 is 4.99. The van der Waals surface area contributed by atoms with Gasteiger partial charge in [0.25, 0.3) is 0 Å². The predicted octanol–water partition coefficient (Wildman–Crippen LogP) is 0.947. The highest BCUT2D eigenvalue weighted by atomic mass is 16.5. The largest absolute Gasteiger partial charge is 0.481 e. The molecule has 1 unspecified atom stereocenters. The number of carboxylic acids is 1. The number of esters is 1. The van der Waals surface area contributed by atoms with E-state index in [1.807, 2.05) is 6.92 Å². The van der Waals surface area contributed by atoms with Crippen molar-refractivity contribution in [3.63, 3.8) is 0 Å². The summed E-state index contributed by atoms with van der Waals surface area (Å²) in [6.45, 7) is 4.36. The van der Waals surface area contributed by atoms with Crippen LogP contribution in [0.3, 0.4) is 0 Å². The van der Waals surface area contributed by atoms with Gasteiger partial charge in [-0.05, 0) is 12.8 Å². The van der Waals surface area contributed by atoms with Gasteiger partial charge in [-0.1, -0.05) is 13.8 Å². The standard InChI is InChI=1S/C12H21NO5/c1-3-9(2)12(17)18-8-4-7-13-10(14)5-6-11(15)16/h9H,3-8H2,1-2H3,(H,13,14)(H,15,16). The molecule has 0 radical (unpaired) electrons. The summed E-state index contributed by atoms with van der Waals surface area (Å²) in [5, 5.41) is 10.9. The van der Waals surface area contributed by atoms with Gasteiger partial charge in [-0.15, -0.1) is 0 Å². The summed E-state index contributed by atoms with van der Waals surface area (Å²) >= 11 is 0. The molecule has 0 aliphatic heterocycles. The molecule has 0 aromatic rings. The molecule has 0 aromatic heterocycles. The van der Waals surface area contributed by atoms with Gasteiger partial charge in [0.2, 0.25) is 5.91 Å². The minimum Gasteiger partial charge on any atom is -0.481 e. The minimum atomic E-state index is -0.993. The van der Waals surface area contributed by atoms with Crippen LogP contribution in [-0.4, -0.2) is 36.1 Å². The summed E-state index contributed by atoms with van der Waals surface area (Å²) in [6.07, 6.45) is 1.07. The molecule has 0 fully saturated rings. The number of aliphatic carboxylic acids is 1. The molecule has 0 heterocycles. The lowest BCUT2D eigenvalue weighted by Gasteiger charge is -2.09. The molecule has 104 valence electrons. The highest BCUT2D eigenvalue weighted by Gasteiger charge is 2.11. The third-order valence-electron chi connectivity index (χ3n) is 2.47. The summed E-state index contributed by atoms with van der Waals surface area (Å²) in [5.74, 6) is -1.62. The third kappa shape index (κ3) is 8.55. The van der Waals surface area contributed by atoms with Crippen molar-refractivity contribution in [3.8, 4) is 0 Å². The van der Waals surface area contributed by atoms with Crippen molar-refractivity contribution in [3.05, 3.63) is 0 Å². The molecule has 0 aliphatic carbocycles. The summed E-state index contributed by atoms with van der Waals surface area (Å²) in [7, 11) is 0. The van der Waals surface area contributed by atoms with E-state index in [-0.39, 0.29) is 37.2 Å². The molecule has 0 rings (SSSR count). The highest BCUT2D eigenvalue weighted by molar-refractivity contribution is 5.80. The number of amides is 1. The second-order valence-corrected chi connectivity index (χ2v) is 4.07. The highest BCUT2D eigenvalue weighted by Crippen LogP contribution is 2.03. The van der Waals surface area contributed by atoms with Gasteiger partial charge in [0, 0.05) is 13.0 Å². The van der Waals surface area contributed by atoms with Gasteiger partial charge in [0.15, 0.2) is 0 Å². The predicted molar refractivity (Wildman–Crippen MR) is 64.9 cm³/mol. The maximum absolute atomic E-state index is 11.3. The first-order valence-corrected chi connectivity index (χ1v) is 6.12. The van der Waals surface area contributed by atoms with Crippen LogP contribution in [0.5, 0.6) is 0 Å². The van der Waals surface area contributed by atoms with Crippen LogP contribution in [-0.2, 0) is 19.1 Å². The Balaban J connectivity index is 3.48. The van der Waals surface area contributed by atoms with Gasteiger partial charge in [-0.25, -0.2) is 0 Å². The summed E-state index contributed by atoms with van der Waals surface area (Å²) in [6, 6.07) is 0. The van der Waals surface area contributed by atoms with Crippen LogP contribution in [0, 0.1) is 5.92 Å². The fourth-order valence-corrected chi connectivity index (χ4v) is 1.09. The Labute approximate surface area is 107 Å². The van der Waals surface area contributed by atoms with Gasteiger partial charge in [-0.3, -0.25) is 14.4 Å². The van der Waals surface area contributed by atoms with E-state index in [4.69, 9.17) is 9.84 Å². The van der Waals surface area contributed by atoms with E-state index in [1.165, 1.54) is 0 Å². The van der Waals surface area contributed by atoms with E-state index in [0.29, 0.717) is 13.0 Å². The maximum Gasteiger partial charge on any atom is 0.308 e. The van der Waals surface area contributed by atoms with Crippen LogP contribution in [0.4, 0.5) is 0 Å².